The van der Waals surface area contributed by atoms with Gasteiger partial charge in [-0.25, -0.2) is 0 Å². The van der Waals surface area contributed by atoms with Crippen molar-refractivity contribution in [1.29, 1.82) is 0 Å². The molecule has 0 radical (unpaired) electrons. The monoisotopic (exact) mass is 458 g/mol. The second kappa shape index (κ2) is 19.2. The Balaban J connectivity index is 6.61. The highest BCUT2D eigenvalue weighted by Crippen LogP contribution is 2.47. The van der Waals surface area contributed by atoms with E-state index in [2.05, 4.69) is 55.4 Å². The molecule has 194 valence electrons. The second-order valence-corrected chi connectivity index (χ2v) is 9.46. The highest BCUT2D eigenvalue weighted by Gasteiger charge is 2.51. The molecule has 0 aromatic carbocycles. The molecule has 0 aliphatic carbocycles. The fourth-order valence-corrected chi connectivity index (χ4v) is 5.47. The summed E-state index contributed by atoms with van der Waals surface area (Å²) in [7, 11) is 0. The zero-order chi connectivity index (χ0) is 24.3. The Hall–Kier alpha value is -0.160. The Morgan fingerprint density at radius 1 is 0.469 bits per heavy atom. The summed E-state index contributed by atoms with van der Waals surface area (Å²) in [6.45, 7) is 22.0. The smallest absolute Gasteiger partial charge is 0.0920 e. The molecule has 0 rings (SSSR count). The van der Waals surface area contributed by atoms with Crippen LogP contribution >= 0.6 is 0 Å². The molecule has 0 amide bonds. The summed E-state index contributed by atoms with van der Waals surface area (Å²) in [6.07, 6.45) is 11.5. The minimum Gasteiger partial charge on any atom is -0.381 e. The van der Waals surface area contributed by atoms with Gasteiger partial charge in [0.1, 0.15) is 0 Å². The highest BCUT2D eigenvalue weighted by molar-refractivity contribution is 5.00. The van der Waals surface area contributed by atoms with Gasteiger partial charge in [0.2, 0.25) is 0 Å². The summed E-state index contributed by atoms with van der Waals surface area (Å²) in [5, 5.41) is 0. The Bertz CT molecular complexity index is 384. The van der Waals surface area contributed by atoms with Crippen LogP contribution in [0.4, 0.5) is 0 Å². The second-order valence-electron chi connectivity index (χ2n) is 9.46. The molecule has 0 saturated carbocycles. The number of ether oxygens (including phenoxy) is 4. The summed E-state index contributed by atoms with van der Waals surface area (Å²) in [4.78, 5) is 0. The standard InChI is InChI=1S/C28H58O4/c1-9-17-21-28(22-18-10-2,24-30-14-6)26(32-16-8)25(31-15-7)27(19-11-3,20-12-4)23-29-13-5/h25-26H,9-24H2,1-8H3. The molecule has 0 heterocycles. The third-order valence-electron chi connectivity index (χ3n) is 6.91. The SMILES string of the molecule is CCCCC(CCCC)(COCC)C(OCC)C(OCC)C(CCC)(CCC)COCC. The minimum atomic E-state index is -0.0365. The summed E-state index contributed by atoms with van der Waals surface area (Å²) < 4.78 is 25.8. The maximum atomic E-state index is 6.73. The van der Waals surface area contributed by atoms with E-state index in [-0.39, 0.29) is 23.0 Å². The van der Waals surface area contributed by atoms with E-state index in [4.69, 9.17) is 18.9 Å². The van der Waals surface area contributed by atoms with Crippen LogP contribution in [0.25, 0.3) is 0 Å². The van der Waals surface area contributed by atoms with Crippen LogP contribution in [0.1, 0.15) is 120 Å². The van der Waals surface area contributed by atoms with Gasteiger partial charge in [-0.05, 0) is 53.4 Å². The third kappa shape index (κ3) is 9.99. The van der Waals surface area contributed by atoms with Gasteiger partial charge in [0, 0.05) is 37.3 Å². The average molecular weight is 459 g/mol. The van der Waals surface area contributed by atoms with E-state index in [1.807, 2.05) is 0 Å². The Morgan fingerprint density at radius 2 is 0.844 bits per heavy atom. The van der Waals surface area contributed by atoms with Gasteiger partial charge >= 0.3 is 0 Å². The van der Waals surface area contributed by atoms with Crippen LogP contribution in [-0.2, 0) is 18.9 Å². The highest BCUT2D eigenvalue weighted by atomic mass is 16.5. The quantitative estimate of drug-likeness (QED) is 0.156. The summed E-state index contributed by atoms with van der Waals surface area (Å²) in [6, 6.07) is 0. The van der Waals surface area contributed by atoms with Crippen molar-refractivity contribution in [3.05, 3.63) is 0 Å². The molecule has 4 nitrogen and oxygen atoms in total. The maximum Gasteiger partial charge on any atom is 0.0920 e. The normalized spacial score (nSPS) is 14.6. The molecule has 0 aliphatic rings. The first kappa shape index (κ1) is 31.8. The van der Waals surface area contributed by atoms with Crippen molar-refractivity contribution in [2.45, 2.75) is 132 Å². The van der Waals surface area contributed by atoms with Crippen LogP contribution in [0.3, 0.4) is 0 Å². The van der Waals surface area contributed by atoms with Crippen molar-refractivity contribution in [3.63, 3.8) is 0 Å². The third-order valence-corrected chi connectivity index (χ3v) is 6.91. The van der Waals surface area contributed by atoms with Crippen molar-refractivity contribution < 1.29 is 18.9 Å². The molecular formula is C28H58O4. The van der Waals surface area contributed by atoms with Gasteiger partial charge in [-0.1, -0.05) is 66.2 Å². The molecule has 0 aliphatic heterocycles. The zero-order valence-electron chi connectivity index (χ0n) is 23.1. The molecule has 0 N–H and O–H groups in total. The van der Waals surface area contributed by atoms with Gasteiger partial charge in [0.15, 0.2) is 0 Å². The maximum absolute atomic E-state index is 6.73. The van der Waals surface area contributed by atoms with E-state index in [1.165, 1.54) is 25.7 Å². The molecule has 4 heteroatoms. The number of unbranched alkanes of at least 4 members (excludes halogenated alkanes) is 2. The Morgan fingerprint density at radius 3 is 1.12 bits per heavy atom. The number of hydrogen-bond donors (Lipinski definition) is 0. The first-order valence-corrected chi connectivity index (χ1v) is 13.9. The predicted molar refractivity (Wildman–Crippen MR) is 138 cm³/mol. The van der Waals surface area contributed by atoms with Crippen LogP contribution < -0.4 is 0 Å². The number of hydrogen-bond acceptors (Lipinski definition) is 4. The van der Waals surface area contributed by atoms with Gasteiger partial charge in [-0.2, -0.15) is 0 Å². The van der Waals surface area contributed by atoms with Gasteiger partial charge < -0.3 is 18.9 Å². The van der Waals surface area contributed by atoms with Gasteiger partial charge in [-0.3, -0.25) is 0 Å². The van der Waals surface area contributed by atoms with Crippen LogP contribution in [0, 0.1) is 10.8 Å². The van der Waals surface area contributed by atoms with E-state index in [0.717, 1.165) is 65.0 Å². The predicted octanol–water partition coefficient (Wildman–Crippen LogP) is 7.82. The topological polar surface area (TPSA) is 36.9 Å². The van der Waals surface area contributed by atoms with Crippen molar-refractivity contribution in [1.82, 2.24) is 0 Å². The molecule has 2 atom stereocenters. The van der Waals surface area contributed by atoms with E-state index < -0.39 is 0 Å². The van der Waals surface area contributed by atoms with Gasteiger partial charge in [0.05, 0.1) is 25.4 Å². The van der Waals surface area contributed by atoms with Crippen molar-refractivity contribution in [3.8, 4) is 0 Å². The Labute approximate surface area is 201 Å². The van der Waals surface area contributed by atoms with E-state index in [9.17, 15) is 0 Å². The van der Waals surface area contributed by atoms with E-state index in [1.54, 1.807) is 0 Å². The van der Waals surface area contributed by atoms with E-state index >= 15 is 0 Å². The summed E-state index contributed by atoms with van der Waals surface area (Å²) in [5.41, 5.74) is -0.0674. The van der Waals surface area contributed by atoms with Crippen molar-refractivity contribution in [2.75, 3.05) is 39.6 Å². The lowest BCUT2D eigenvalue weighted by atomic mass is 9.64. The van der Waals surface area contributed by atoms with Crippen LogP contribution in [0.5, 0.6) is 0 Å². The lowest BCUT2D eigenvalue weighted by molar-refractivity contribution is -0.201. The lowest BCUT2D eigenvalue weighted by Crippen LogP contribution is -2.57. The molecule has 2 unspecified atom stereocenters. The fraction of sp³-hybridized carbons (Fsp3) is 1.00. The first-order valence-electron chi connectivity index (χ1n) is 13.9. The lowest BCUT2D eigenvalue weighted by Gasteiger charge is -2.51. The Kier molecular flexibility index (Phi) is 19.1. The first-order chi connectivity index (χ1) is 15.5. The summed E-state index contributed by atoms with van der Waals surface area (Å²) >= 11 is 0. The van der Waals surface area contributed by atoms with E-state index in [0.29, 0.717) is 13.2 Å². The average Bonchev–Trinajstić information content (AvgIpc) is 2.80. The van der Waals surface area contributed by atoms with Crippen molar-refractivity contribution in [2.24, 2.45) is 10.8 Å². The molecule has 0 aromatic rings. The summed E-state index contributed by atoms with van der Waals surface area (Å²) in [5.74, 6) is 0. The minimum absolute atomic E-state index is 0.00747. The van der Waals surface area contributed by atoms with Crippen LogP contribution in [-0.4, -0.2) is 51.8 Å². The molecular weight excluding hydrogens is 400 g/mol. The van der Waals surface area contributed by atoms with Crippen LogP contribution in [0.15, 0.2) is 0 Å². The molecule has 0 bridgehead atoms. The number of rotatable bonds is 23. The van der Waals surface area contributed by atoms with Gasteiger partial charge in [-0.15, -0.1) is 0 Å². The molecule has 0 spiro atoms. The largest absolute Gasteiger partial charge is 0.381 e. The molecule has 0 aromatic heterocycles. The fourth-order valence-electron chi connectivity index (χ4n) is 5.47. The van der Waals surface area contributed by atoms with Gasteiger partial charge in [0.25, 0.3) is 0 Å². The van der Waals surface area contributed by atoms with Crippen LogP contribution in [0.2, 0.25) is 0 Å². The molecule has 0 saturated heterocycles. The van der Waals surface area contributed by atoms with Crippen molar-refractivity contribution >= 4 is 0 Å². The molecule has 32 heavy (non-hydrogen) atoms. The molecule has 0 fully saturated rings. The zero-order valence-corrected chi connectivity index (χ0v) is 23.1.